The molecule has 1 saturated heterocycles. The molecule has 0 aromatic carbocycles. The normalized spacial score (nSPS) is 19.7. The predicted octanol–water partition coefficient (Wildman–Crippen LogP) is 2.18. The molecule has 21 heavy (non-hydrogen) atoms. The van der Waals surface area contributed by atoms with Gasteiger partial charge in [-0.25, -0.2) is 0 Å². The summed E-state index contributed by atoms with van der Waals surface area (Å²) >= 11 is 0. The molecule has 2 aromatic rings. The van der Waals surface area contributed by atoms with E-state index in [-0.39, 0.29) is 11.1 Å². The SMILES string of the molecule is N#Cc1c(N2CCC3(CCC3)C2)c2ccncc2[nH]c1=O. The van der Waals surface area contributed by atoms with E-state index in [2.05, 4.69) is 20.9 Å². The maximum Gasteiger partial charge on any atom is 0.268 e. The van der Waals surface area contributed by atoms with Crippen molar-refractivity contribution in [1.29, 1.82) is 5.26 Å². The smallest absolute Gasteiger partial charge is 0.268 e. The van der Waals surface area contributed by atoms with Crippen LogP contribution in [0.25, 0.3) is 10.9 Å². The van der Waals surface area contributed by atoms with Crippen molar-refractivity contribution in [3.8, 4) is 6.07 Å². The number of anilines is 1. The van der Waals surface area contributed by atoms with Crippen molar-refractivity contribution >= 4 is 16.6 Å². The van der Waals surface area contributed by atoms with Gasteiger partial charge in [-0.05, 0) is 30.7 Å². The van der Waals surface area contributed by atoms with Crippen molar-refractivity contribution in [2.75, 3.05) is 18.0 Å². The molecule has 0 unspecified atom stereocenters. The first kappa shape index (κ1) is 12.4. The number of aromatic amines is 1. The van der Waals surface area contributed by atoms with Crippen molar-refractivity contribution in [2.24, 2.45) is 5.41 Å². The van der Waals surface area contributed by atoms with Crippen LogP contribution in [0.5, 0.6) is 0 Å². The van der Waals surface area contributed by atoms with Crippen molar-refractivity contribution in [3.63, 3.8) is 0 Å². The van der Waals surface area contributed by atoms with Gasteiger partial charge >= 0.3 is 0 Å². The Morgan fingerprint density at radius 3 is 2.90 bits per heavy atom. The maximum absolute atomic E-state index is 12.2. The molecule has 0 atom stereocenters. The minimum atomic E-state index is -0.317. The average molecular weight is 280 g/mol. The van der Waals surface area contributed by atoms with Gasteiger partial charge in [0.2, 0.25) is 0 Å². The van der Waals surface area contributed by atoms with Gasteiger partial charge in [0.25, 0.3) is 5.56 Å². The summed E-state index contributed by atoms with van der Waals surface area (Å²) in [6.07, 6.45) is 8.37. The number of nitrogens with zero attached hydrogens (tertiary/aromatic N) is 3. The minimum Gasteiger partial charge on any atom is -0.369 e. The lowest BCUT2D eigenvalue weighted by molar-refractivity contribution is 0.165. The molecule has 106 valence electrons. The van der Waals surface area contributed by atoms with Gasteiger partial charge < -0.3 is 9.88 Å². The van der Waals surface area contributed by atoms with Crippen LogP contribution in [-0.2, 0) is 0 Å². The second kappa shape index (κ2) is 4.32. The number of hydrogen-bond acceptors (Lipinski definition) is 4. The molecule has 5 nitrogen and oxygen atoms in total. The zero-order valence-corrected chi connectivity index (χ0v) is 11.7. The molecular weight excluding hydrogens is 264 g/mol. The molecule has 0 radical (unpaired) electrons. The van der Waals surface area contributed by atoms with Crippen LogP contribution in [0.15, 0.2) is 23.3 Å². The topological polar surface area (TPSA) is 72.8 Å². The van der Waals surface area contributed by atoms with E-state index >= 15 is 0 Å². The second-order valence-electron chi connectivity index (χ2n) is 6.24. The summed E-state index contributed by atoms with van der Waals surface area (Å²) < 4.78 is 0. The molecule has 1 saturated carbocycles. The van der Waals surface area contributed by atoms with E-state index in [0.29, 0.717) is 10.9 Å². The van der Waals surface area contributed by atoms with E-state index in [4.69, 9.17) is 0 Å². The molecular formula is C16H16N4O. The summed E-state index contributed by atoms with van der Waals surface area (Å²) in [5, 5.41) is 10.3. The number of nitriles is 1. The summed E-state index contributed by atoms with van der Waals surface area (Å²) in [6.45, 7) is 1.89. The van der Waals surface area contributed by atoms with Crippen LogP contribution in [0.2, 0.25) is 0 Å². The third-order valence-electron chi connectivity index (χ3n) is 5.07. The molecule has 3 heterocycles. The lowest BCUT2D eigenvalue weighted by Gasteiger charge is -2.38. The Morgan fingerprint density at radius 2 is 2.24 bits per heavy atom. The van der Waals surface area contributed by atoms with Crippen molar-refractivity contribution in [2.45, 2.75) is 25.7 Å². The molecule has 5 heteroatoms. The molecule has 1 aliphatic heterocycles. The van der Waals surface area contributed by atoms with Gasteiger partial charge in [0.1, 0.15) is 11.6 Å². The van der Waals surface area contributed by atoms with Gasteiger partial charge in [0, 0.05) is 24.7 Å². The minimum absolute atomic E-state index is 0.227. The second-order valence-corrected chi connectivity index (χ2v) is 6.24. The zero-order chi connectivity index (χ0) is 14.4. The third-order valence-corrected chi connectivity index (χ3v) is 5.07. The zero-order valence-electron chi connectivity index (χ0n) is 11.7. The fourth-order valence-corrected chi connectivity index (χ4v) is 3.77. The van der Waals surface area contributed by atoms with Crippen LogP contribution < -0.4 is 10.5 Å². The number of rotatable bonds is 1. The van der Waals surface area contributed by atoms with E-state index < -0.39 is 0 Å². The lowest BCUT2D eigenvalue weighted by Crippen LogP contribution is -2.34. The Labute approximate surface area is 122 Å². The first-order chi connectivity index (χ1) is 10.2. The number of aromatic nitrogens is 2. The van der Waals surface area contributed by atoms with Gasteiger partial charge in [-0.15, -0.1) is 0 Å². The fourth-order valence-electron chi connectivity index (χ4n) is 3.77. The highest BCUT2D eigenvalue weighted by molar-refractivity contribution is 5.94. The van der Waals surface area contributed by atoms with E-state index in [1.807, 2.05) is 6.07 Å². The highest BCUT2D eigenvalue weighted by atomic mass is 16.1. The maximum atomic E-state index is 12.2. The first-order valence-corrected chi connectivity index (χ1v) is 7.38. The van der Waals surface area contributed by atoms with Crippen LogP contribution in [0, 0.1) is 16.7 Å². The van der Waals surface area contributed by atoms with Crippen molar-refractivity contribution in [1.82, 2.24) is 9.97 Å². The first-order valence-electron chi connectivity index (χ1n) is 7.38. The van der Waals surface area contributed by atoms with Crippen LogP contribution in [-0.4, -0.2) is 23.1 Å². The molecule has 4 rings (SSSR count). The van der Waals surface area contributed by atoms with E-state index in [9.17, 15) is 10.1 Å². The molecule has 0 bridgehead atoms. The van der Waals surface area contributed by atoms with E-state index in [0.717, 1.165) is 30.6 Å². The summed E-state index contributed by atoms with van der Waals surface area (Å²) in [5.74, 6) is 0. The molecule has 1 aliphatic carbocycles. The van der Waals surface area contributed by atoms with E-state index in [1.165, 1.54) is 19.3 Å². The molecule has 1 spiro atoms. The Hall–Kier alpha value is -2.35. The van der Waals surface area contributed by atoms with Gasteiger partial charge in [-0.1, -0.05) is 6.42 Å². The highest BCUT2D eigenvalue weighted by Crippen LogP contribution is 2.49. The van der Waals surface area contributed by atoms with Gasteiger partial charge in [-0.2, -0.15) is 5.26 Å². The summed E-state index contributed by atoms with van der Waals surface area (Å²) in [6, 6.07) is 3.97. The lowest BCUT2D eigenvalue weighted by atomic mass is 9.68. The Balaban J connectivity index is 1.91. The van der Waals surface area contributed by atoms with Crippen molar-refractivity contribution < 1.29 is 0 Å². The average Bonchev–Trinajstić information content (AvgIpc) is 2.91. The number of hydrogen-bond donors (Lipinski definition) is 1. The van der Waals surface area contributed by atoms with Crippen LogP contribution >= 0.6 is 0 Å². The van der Waals surface area contributed by atoms with Gasteiger partial charge in [0.05, 0.1) is 17.4 Å². The number of pyridine rings is 2. The number of H-pyrrole nitrogens is 1. The molecule has 0 amide bonds. The summed E-state index contributed by atoms with van der Waals surface area (Å²) in [4.78, 5) is 21.2. The molecule has 1 N–H and O–H groups in total. The predicted molar refractivity (Wildman–Crippen MR) is 80.2 cm³/mol. The summed E-state index contributed by atoms with van der Waals surface area (Å²) in [5.41, 5.74) is 1.83. The van der Waals surface area contributed by atoms with Gasteiger partial charge in [-0.3, -0.25) is 9.78 Å². The highest BCUT2D eigenvalue weighted by Gasteiger charge is 2.43. The number of fused-ring (bicyclic) bond motifs is 1. The fraction of sp³-hybridized carbons (Fsp3) is 0.438. The number of nitrogens with one attached hydrogen (secondary N) is 1. The van der Waals surface area contributed by atoms with E-state index in [1.54, 1.807) is 12.4 Å². The molecule has 2 aliphatic rings. The quantitative estimate of drug-likeness (QED) is 0.869. The Morgan fingerprint density at radius 1 is 1.38 bits per heavy atom. The third kappa shape index (κ3) is 1.75. The standard InChI is InChI=1S/C16H16N4O/c17-8-12-14(20-7-5-16(10-20)3-1-4-16)11-2-6-18-9-13(11)19-15(12)21/h2,6,9H,1,3-5,7,10H2,(H,19,21). The Bertz CT molecular complexity index is 813. The van der Waals surface area contributed by atoms with Crippen LogP contribution in [0.1, 0.15) is 31.2 Å². The van der Waals surface area contributed by atoms with Gasteiger partial charge in [0.15, 0.2) is 0 Å². The van der Waals surface area contributed by atoms with Crippen molar-refractivity contribution in [3.05, 3.63) is 34.4 Å². The summed E-state index contributed by atoms with van der Waals surface area (Å²) in [7, 11) is 0. The largest absolute Gasteiger partial charge is 0.369 e. The van der Waals surface area contributed by atoms with Crippen LogP contribution in [0.4, 0.5) is 5.69 Å². The molecule has 2 fully saturated rings. The Kier molecular flexibility index (Phi) is 2.55. The van der Waals surface area contributed by atoms with Crippen LogP contribution in [0.3, 0.4) is 0 Å². The molecule has 2 aromatic heterocycles. The monoisotopic (exact) mass is 280 g/mol.